The number of anilines is 1. The third-order valence-corrected chi connectivity index (χ3v) is 4.01. The first-order chi connectivity index (χ1) is 9.40. The zero-order valence-corrected chi connectivity index (χ0v) is 12.2. The molecule has 0 aliphatic carbocycles. The molecular weight excluding hydrogens is 350 g/mol. The molecule has 0 amide bonds. The first-order valence-electron chi connectivity index (χ1n) is 5.22. The number of carboxylic acids is 1. The molecule has 2 N–H and O–H groups in total. The molecule has 0 saturated heterocycles. The van der Waals surface area contributed by atoms with Crippen LogP contribution in [0, 0.1) is 0 Å². The maximum atomic E-state index is 12.1. The van der Waals surface area contributed by atoms with Crippen molar-refractivity contribution in [1.29, 1.82) is 0 Å². The highest BCUT2D eigenvalue weighted by atomic mass is 79.9. The van der Waals surface area contributed by atoms with Crippen LogP contribution in [0.4, 0.5) is 5.69 Å². The van der Waals surface area contributed by atoms with Gasteiger partial charge >= 0.3 is 5.97 Å². The summed E-state index contributed by atoms with van der Waals surface area (Å²) in [5.74, 6) is -1.32. The lowest BCUT2D eigenvalue weighted by Crippen LogP contribution is -2.16. The van der Waals surface area contributed by atoms with E-state index >= 15 is 0 Å². The molecule has 0 aliphatic heterocycles. The van der Waals surface area contributed by atoms with Crippen LogP contribution < -0.4 is 4.72 Å². The van der Waals surface area contributed by atoms with Crippen LogP contribution in [0.2, 0.25) is 0 Å². The van der Waals surface area contributed by atoms with E-state index in [0.29, 0.717) is 4.47 Å². The molecule has 0 saturated carbocycles. The molecule has 2 heterocycles. The number of carboxylic acid groups (broad SMARTS) is 1. The van der Waals surface area contributed by atoms with Crippen LogP contribution in [0.3, 0.4) is 0 Å². The van der Waals surface area contributed by atoms with Gasteiger partial charge in [0.25, 0.3) is 10.0 Å². The molecule has 0 aromatic carbocycles. The number of nitrogens with zero attached hydrogens (tertiary/aromatic N) is 2. The van der Waals surface area contributed by atoms with E-state index in [1.807, 2.05) is 0 Å². The fourth-order valence-corrected chi connectivity index (χ4v) is 2.97. The van der Waals surface area contributed by atoms with Gasteiger partial charge in [-0.25, -0.2) is 18.2 Å². The number of rotatable bonds is 4. The summed E-state index contributed by atoms with van der Waals surface area (Å²) < 4.78 is 26.9. The lowest BCUT2D eigenvalue weighted by molar-refractivity contribution is 0.0692. The summed E-state index contributed by atoms with van der Waals surface area (Å²) in [6.45, 7) is 0. The number of nitrogens with one attached hydrogen (secondary N) is 1. The summed E-state index contributed by atoms with van der Waals surface area (Å²) in [6, 6.07) is 4.11. The standard InChI is InChI=1S/C11H8BrN3O4S/c12-7-4-8(6-13-5-7)20(18,19)15-9-2-1-3-14-10(9)11(16)17/h1-6,15H,(H,16,17). The van der Waals surface area contributed by atoms with Gasteiger partial charge in [0.05, 0.1) is 5.69 Å². The van der Waals surface area contributed by atoms with E-state index in [1.54, 1.807) is 0 Å². The van der Waals surface area contributed by atoms with E-state index in [0.717, 1.165) is 6.20 Å². The summed E-state index contributed by atoms with van der Waals surface area (Å²) in [4.78, 5) is 18.3. The van der Waals surface area contributed by atoms with Crippen molar-refractivity contribution in [3.8, 4) is 0 Å². The Morgan fingerprint density at radius 3 is 2.75 bits per heavy atom. The van der Waals surface area contributed by atoms with E-state index in [-0.39, 0.29) is 16.3 Å². The number of aromatic carboxylic acids is 1. The highest BCUT2D eigenvalue weighted by Gasteiger charge is 2.19. The van der Waals surface area contributed by atoms with Gasteiger partial charge in [-0.1, -0.05) is 0 Å². The summed E-state index contributed by atoms with van der Waals surface area (Å²) in [7, 11) is -3.94. The van der Waals surface area contributed by atoms with E-state index in [1.165, 1.54) is 30.6 Å². The molecular formula is C11H8BrN3O4S. The van der Waals surface area contributed by atoms with Crippen molar-refractivity contribution in [3.63, 3.8) is 0 Å². The first kappa shape index (κ1) is 14.4. The predicted octanol–water partition coefficient (Wildman–Crippen LogP) is 1.74. The quantitative estimate of drug-likeness (QED) is 0.862. The Morgan fingerprint density at radius 2 is 2.10 bits per heavy atom. The van der Waals surface area contributed by atoms with Gasteiger partial charge in [0.2, 0.25) is 0 Å². The zero-order chi connectivity index (χ0) is 14.8. The highest BCUT2D eigenvalue weighted by molar-refractivity contribution is 9.10. The Bertz CT molecular complexity index is 764. The predicted molar refractivity (Wildman–Crippen MR) is 73.9 cm³/mol. The first-order valence-corrected chi connectivity index (χ1v) is 7.49. The largest absolute Gasteiger partial charge is 0.476 e. The minimum atomic E-state index is -3.94. The number of pyridine rings is 2. The number of hydrogen-bond donors (Lipinski definition) is 2. The fraction of sp³-hybridized carbons (Fsp3) is 0. The van der Waals surface area contributed by atoms with Crippen LogP contribution >= 0.6 is 15.9 Å². The van der Waals surface area contributed by atoms with E-state index in [2.05, 4.69) is 30.6 Å². The van der Waals surface area contributed by atoms with E-state index < -0.39 is 16.0 Å². The monoisotopic (exact) mass is 357 g/mol. The van der Waals surface area contributed by atoms with Crippen molar-refractivity contribution < 1.29 is 18.3 Å². The van der Waals surface area contributed by atoms with Gasteiger partial charge in [0.1, 0.15) is 4.90 Å². The van der Waals surface area contributed by atoms with Gasteiger partial charge < -0.3 is 5.11 Å². The molecule has 2 aromatic rings. The van der Waals surface area contributed by atoms with Gasteiger partial charge in [-0.05, 0) is 34.1 Å². The van der Waals surface area contributed by atoms with Crippen LogP contribution in [-0.2, 0) is 10.0 Å². The van der Waals surface area contributed by atoms with E-state index in [9.17, 15) is 13.2 Å². The van der Waals surface area contributed by atoms with Crippen LogP contribution in [0.1, 0.15) is 10.5 Å². The Kier molecular flexibility index (Phi) is 4.00. The van der Waals surface area contributed by atoms with Crippen molar-refractivity contribution in [3.05, 3.63) is 47.0 Å². The minimum absolute atomic E-state index is 0.0907. The number of halogens is 1. The van der Waals surface area contributed by atoms with Crippen molar-refractivity contribution in [2.45, 2.75) is 4.90 Å². The Balaban J connectivity index is 2.41. The topological polar surface area (TPSA) is 109 Å². The average molecular weight is 358 g/mol. The van der Waals surface area contributed by atoms with Crippen molar-refractivity contribution in [1.82, 2.24) is 9.97 Å². The molecule has 2 aromatic heterocycles. The molecule has 0 spiro atoms. The van der Waals surface area contributed by atoms with Crippen molar-refractivity contribution in [2.24, 2.45) is 0 Å². The van der Waals surface area contributed by atoms with Gasteiger partial charge in [0, 0.05) is 23.1 Å². The van der Waals surface area contributed by atoms with Crippen LogP contribution in [0.25, 0.3) is 0 Å². The molecule has 104 valence electrons. The molecule has 20 heavy (non-hydrogen) atoms. The van der Waals surface area contributed by atoms with Crippen LogP contribution in [0.5, 0.6) is 0 Å². The average Bonchev–Trinajstić information content (AvgIpc) is 2.38. The maximum absolute atomic E-state index is 12.1. The van der Waals surface area contributed by atoms with Gasteiger partial charge in [-0.15, -0.1) is 0 Å². The van der Waals surface area contributed by atoms with Crippen molar-refractivity contribution >= 4 is 37.6 Å². The summed E-state index contributed by atoms with van der Waals surface area (Å²) in [5, 5.41) is 8.96. The highest BCUT2D eigenvalue weighted by Crippen LogP contribution is 2.20. The number of carbonyl (C=O) groups is 1. The Labute approximate surface area is 122 Å². The molecule has 2 rings (SSSR count). The second-order valence-electron chi connectivity index (χ2n) is 3.65. The smallest absolute Gasteiger partial charge is 0.356 e. The molecule has 0 unspecified atom stereocenters. The number of aromatic nitrogens is 2. The fourth-order valence-electron chi connectivity index (χ4n) is 1.40. The Morgan fingerprint density at radius 1 is 1.35 bits per heavy atom. The third kappa shape index (κ3) is 3.11. The molecule has 7 nitrogen and oxygen atoms in total. The van der Waals surface area contributed by atoms with Gasteiger partial charge in [-0.2, -0.15) is 0 Å². The number of sulfonamides is 1. The summed E-state index contributed by atoms with van der Waals surface area (Å²) >= 11 is 3.12. The lowest BCUT2D eigenvalue weighted by Gasteiger charge is -2.09. The van der Waals surface area contributed by atoms with E-state index in [4.69, 9.17) is 5.11 Å². The second kappa shape index (κ2) is 5.55. The zero-order valence-electron chi connectivity index (χ0n) is 9.82. The molecule has 0 bridgehead atoms. The summed E-state index contributed by atoms with van der Waals surface area (Å²) in [6.07, 6.45) is 3.86. The lowest BCUT2D eigenvalue weighted by atomic mass is 10.3. The van der Waals surface area contributed by atoms with Gasteiger partial charge in [-0.3, -0.25) is 9.71 Å². The summed E-state index contributed by atoms with van der Waals surface area (Å²) in [5.41, 5.74) is -0.487. The molecule has 0 aliphatic rings. The van der Waals surface area contributed by atoms with Crippen LogP contribution in [-0.4, -0.2) is 29.5 Å². The molecule has 9 heteroatoms. The Hall–Kier alpha value is -2.00. The second-order valence-corrected chi connectivity index (χ2v) is 6.25. The van der Waals surface area contributed by atoms with Crippen LogP contribution in [0.15, 0.2) is 46.2 Å². The van der Waals surface area contributed by atoms with Gasteiger partial charge in [0.15, 0.2) is 5.69 Å². The SMILES string of the molecule is O=C(O)c1ncccc1NS(=O)(=O)c1cncc(Br)c1. The van der Waals surface area contributed by atoms with Crippen molar-refractivity contribution in [2.75, 3.05) is 4.72 Å². The molecule has 0 fully saturated rings. The minimum Gasteiger partial charge on any atom is -0.476 e. The number of hydrogen-bond acceptors (Lipinski definition) is 5. The maximum Gasteiger partial charge on any atom is 0.356 e. The molecule has 0 radical (unpaired) electrons. The normalized spacial score (nSPS) is 11.1. The third-order valence-electron chi connectivity index (χ3n) is 2.24. The molecule has 0 atom stereocenters.